The summed E-state index contributed by atoms with van der Waals surface area (Å²) in [6.45, 7) is 0. The highest BCUT2D eigenvalue weighted by molar-refractivity contribution is 8.01. The molecule has 0 fully saturated rings. The molecule has 162 valence electrons. The highest BCUT2D eigenvalue weighted by Crippen LogP contribution is 2.28. The Kier molecular flexibility index (Phi) is 7.68. The van der Waals surface area contributed by atoms with Gasteiger partial charge < -0.3 is 19.5 Å². The van der Waals surface area contributed by atoms with Crippen LogP contribution in [0.1, 0.15) is 10.4 Å². The lowest BCUT2D eigenvalue weighted by molar-refractivity contribution is -0.113. The van der Waals surface area contributed by atoms with Crippen LogP contribution in [0.15, 0.2) is 46.8 Å². The van der Waals surface area contributed by atoms with Crippen molar-refractivity contribution in [2.24, 2.45) is 0 Å². The molecule has 2 aromatic carbocycles. The zero-order valence-corrected chi connectivity index (χ0v) is 18.6. The van der Waals surface area contributed by atoms with Crippen molar-refractivity contribution in [1.82, 2.24) is 10.2 Å². The molecule has 0 saturated carbocycles. The number of anilines is 2. The van der Waals surface area contributed by atoms with Gasteiger partial charge in [-0.05, 0) is 24.3 Å². The molecule has 0 saturated heterocycles. The Labute approximate surface area is 187 Å². The number of carbonyl (C=O) groups is 2. The van der Waals surface area contributed by atoms with Crippen LogP contribution in [0.5, 0.6) is 17.2 Å². The lowest BCUT2D eigenvalue weighted by atomic mass is 10.2. The van der Waals surface area contributed by atoms with Crippen LogP contribution in [-0.2, 0) is 4.79 Å². The second kappa shape index (κ2) is 10.6. The first-order valence-electron chi connectivity index (χ1n) is 8.96. The molecule has 3 aromatic rings. The van der Waals surface area contributed by atoms with Crippen LogP contribution in [0.4, 0.5) is 10.8 Å². The highest BCUT2D eigenvalue weighted by Gasteiger charge is 2.16. The molecule has 0 aliphatic rings. The number of ether oxygens (including phenoxy) is 3. The van der Waals surface area contributed by atoms with Crippen LogP contribution in [0.3, 0.4) is 0 Å². The number of hydrogen-bond donors (Lipinski definition) is 2. The number of amides is 2. The summed E-state index contributed by atoms with van der Waals surface area (Å²) in [5.74, 6) is 1.18. The Bertz CT molecular complexity index is 1070. The highest BCUT2D eigenvalue weighted by atomic mass is 32.2. The summed E-state index contributed by atoms with van der Waals surface area (Å²) in [5.41, 5.74) is 0.981. The maximum absolute atomic E-state index is 12.6. The SMILES string of the molecule is COc1cccc(NC(=O)CSc2nnc(NC(=O)c3ccc(OC)cc3OC)s2)c1. The van der Waals surface area contributed by atoms with Crippen molar-refractivity contribution in [2.75, 3.05) is 37.7 Å². The van der Waals surface area contributed by atoms with E-state index in [0.29, 0.717) is 38.0 Å². The maximum Gasteiger partial charge on any atom is 0.261 e. The monoisotopic (exact) mass is 460 g/mol. The first-order valence-corrected chi connectivity index (χ1v) is 10.8. The second-order valence-electron chi connectivity index (χ2n) is 5.96. The average molecular weight is 461 g/mol. The summed E-state index contributed by atoms with van der Waals surface area (Å²) >= 11 is 2.40. The van der Waals surface area contributed by atoms with Crippen molar-refractivity contribution >= 4 is 45.7 Å². The number of nitrogens with zero attached hydrogens (tertiary/aromatic N) is 2. The third-order valence-electron chi connectivity index (χ3n) is 3.96. The number of benzene rings is 2. The lowest BCUT2D eigenvalue weighted by Crippen LogP contribution is -2.13. The number of rotatable bonds is 9. The van der Waals surface area contributed by atoms with E-state index in [2.05, 4.69) is 20.8 Å². The van der Waals surface area contributed by atoms with Gasteiger partial charge in [0.25, 0.3) is 5.91 Å². The zero-order valence-electron chi connectivity index (χ0n) is 17.0. The summed E-state index contributed by atoms with van der Waals surface area (Å²) in [4.78, 5) is 24.7. The molecular formula is C20H20N4O5S2. The van der Waals surface area contributed by atoms with E-state index in [-0.39, 0.29) is 17.6 Å². The quantitative estimate of drug-likeness (QED) is 0.368. The molecule has 0 aliphatic heterocycles. The predicted octanol–water partition coefficient (Wildman–Crippen LogP) is 3.55. The van der Waals surface area contributed by atoms with E-state index < -0.39 is 0 Å². The smallest absolute Gasteiger partial charge is 0.261 e. The lowest BCUT2D eigenvalue weighted by Gasteiger charge is -2.09. The van der Waals surface area contributed by atoms with E-state index in [4.69, 9.17) is 14.2 Å². The fourth-order valence-electron chi connectivity index (χ4n) is 2.49. The van der Waals surface area contributed by atoms with Crippen molar-refractivity contribution in [3.05, 3.63) is 48.0 Å². The molecule has 0 spiro atoms. The van der Waals surface area contributed by atoms with Gasteiger partial charge in [0.05, 0.1) is 32.6 Å². The average Bonchev–Trinajstić information content (AvgIpc) is 3.24. The van der Waals surface area contributed by atoms with Crippen LogP contribution >= 0.6 is 23.1 Å². The van der Waals surface area contributed by atoms with Gasteiger partial charge in [0.15, 0.2) is 4.34 Å². The first kappa shape index (κ1) is 22.4. The third-order valence-corrected chi connectivity index (χ3v) is 5.93. The van der Waals surface area contributed by atoms with Crippen LogP contribution < -0.4 is 24.8 Å². The number of aromatic nitrogens is 2. The van der Waals surface area contributed by atoms with Gasteiger partial charge in [-0.2, -0.15) is 0 Å². The van der Waals surface area contributed by atoms with Gasteiger partial charge in [0.1, 0.15) is 17.2 Å². The molecular weight excluding hydrogens is 440 g/mol. The topological polar surface area (TPSA) is 112 Å². The van der Waals surface area contributed by atoms with Crippen LogP contribution in [0.2, 0.25) is 0 Å². The minimum absolute atomic E-state index is 0.145. The van der Waals surface area contributed by atoms with Gasteiger partial charge in [-0.25, -0.2) is 0 Å². The fourth-order valence-corrected chi connectivity index (χ4v) is 4.04. The Balaban J connectivity index is 1.55. The van der Waals surface area contributed by atoms with E-state index in [0.717, 1.165) is 0 Å². The molecule has 0 radical (unpaired) electrons. The van der Waals surface area contributed by atoms with Gasteiger partial charge in [0.2, 0.25) is 11.0 Å². The number of methoxy groups -OCH3 is 3. The Morgan fingerprint density at radius 2 is 1.74 bits per heavy atom. The largest absolute Gasteiger partial charge is 0.497 e. The fraction of sp³-hybridized carbons (Fsp3) is 0.200. The summed E-state index contributed by atoms with van der Waals surface area (Å²) in [6.07, 6.45) is 0. The van der Waals surface area contributed by atoms with Crippen molar-refractivity contribution in [2.45, 2.75) is 4.34 Å². The Morgan fingerprint density at radius 1 is 0.968 bits per heavy atom. The van der Waals surface area contributed by atoms with E-state index in [9.17, 15) is 9.59 Å². The number of hydrogen-bond acceptors (Lipinski definition) is 9. The van der Waals surface area contributed by atoms with E-state index in [1.807, 2.05) is 0 Å². The number of nitrogens with one attached hydrogen (secondary N) is 2. The standard InChI is InChI=1S/C20H20N4O5S2/c1-27-13-6-4-5-12(9-13)21-17(25)11-30-20-24-23-19(31-20)22-18(26)15-8-7-14(28-2)10-16(15)29-3/h4-10H,11H2,1-3H3,(H,21,25)(H,22,23,26). The molecule has 9 nitrogen and oxygen atoms in total. The van der Waals surface area contributed by atoms with Crippen LogP contribution in [-0.4, -0.2) is 49.1 Å². The van der Waals surface area contributed by atoms with E-state index in [1.165, 1.54) is 37.3 Å². The Hall–Kier alpha value is -3.31. The normalized spacial score (nSPS) is 10.3. The van der Waals surface area contributed by atoms with E-state index >= 15 is 0 Å². The van der Waals surface area contributed by atoms with Crippen LogP contribution in [0, 0.1) is 0 Å². The molecule has 1 aromatic heterocycles. The molecule has 11 heteroatoms. The molecule has 0 bridgehead atoms. The van der Waals surface area contributed by atoms with Crippen molar-refractivity contribution in [3.8, 4) is 17.2 Å². The minimum Gasteiger partial charge on any atom is -0.497 e. The third kappa shape index (κ3) is 6.09. The van der Waals surface area contributed by atoms with Gasteiger partial charge in [-0.15, -0.1) is 10.2 Å². The Morgan fingerprint density at radius 3 is 2.48 bits per heavy atom. The molecule has 0 atom stereocenters. The van der Waals surface area contributed by atoms with Gasteiger partial charge in [-0.1, -0.05) is 29.2 Å². The molecule has 31 heavy (non-hydrogen) atoms. The zero-order chi connectivity index (χ0) is 22.2. The summed E-state index contributed by atoms with van der Waals surface area (Å²) < 4.78 is 16.1. The van der Waals surface area contributed by atoms with Crippen LogP contribution in [0.25, 0.3) is 0 Å². The molecule has 0 aliphatic carbocycles. The van der Waals surface area contributed by atoms with Crippen molar-refractivity contribution < 1.29 is 23.8 Å². The molecule has 1 heterocycles. The second-order valence-corrected chi connectivity index (χ2v) is 8.16. The van der Waals surface area contributed by atoms with E-state index in [1.54, 1.807) is 49.6 Å². The van der Waals surface area contributed by atoms with Crippen molar-refractivity contribution in [1.29, 1.82) is 0 Å². The van der Waals surface area contributed by atoms with Gasteiger partial charge in [-0.3, -0.25) is 14.9 Å². The molecule has 0 unspecified atom stereocenters. The summed E-state index contributed by atoms with van der Waals surface area (Å²) in [6, 6.07) is 12.0. The van der Waals surface area contributed by atoms with Gasteiger partial charge in [0, 0.05) is 17.8 Å². The van der Waals surface area contributed by atoms with Crippen molar-refractivity contribution in [3.63, 3.8) is 0 Å². The first-order chi connectivity index (χ1) is 15.0. The summed E-state index contributed by atoms with van der Waals surface area (Å²) in [5, 5.41) is 13.8. The number of thioether (sulfide) groups is 1. The summed E-state index contributed by atoms with van der Waals surface area (Å²) in [7, 11) is 4.57. The molecule has 2 amide bonds. The maximum atomic E-state index is 12.6. The predicted molar refractivity (Wildman–Crippen MR) is 120 cm³/mol. The minimum atomic E-state index is -0.386. The molecule has 3 rings (SSSR count). The van der Waals surface area contributed by atoms with Gasteiger partial charge >= 0.3 is 0 Å². The number of carbonyl (C=O) groups excluding carboxylic acids is 2. The molecule has 2 N–H and O–H groups in total.